The van der Waals surface area contributed by atoms with Crippen molar-refractivity contribution in [1.29, 1.82) is 0 Å². The molecule has 0 bridgehead atoms. The molecule has 3 aromatic rings. The van der Waals surface area contributed by atoms with Crippen LogP contribution in [-0.2, 0) is 16.4 Å². The maximum atomic E-state index is 12.8. The van der Waals surface area contributed by atoms with E-state index in [0.717, 1.165) is 0 Å². The number of fused-ring (bicyclic) bond motifs is 1. The molecule has 0 atom stereocenters. The predicted octanol–water partition coefficient (Wildman–Crippen LogP) is 2.37. The molecule has 2 aromatic heterocycles. The van der Waals surface area contributed by atoms with Crippen LogP contribution in [0, 0.1) is 0 Å². The summed E-state index contributed by atoms with van der Waals surface area (Å²) in [6.45, 7) is 2.10. The van der Waals surface area contributed by atoms with Crippen LogP contribution in [0.3, 0.4) is 0 Å². The van der Waals surface area contributed by atoms with E-state index >= 15 is 0 Å². The molecule has 0 aliphatic carbocycles. The summed E-state index contributed by atoms with van der Waals surface area (Å²) in [6, 6.07) is 9.28. The average Bonchev–Trinajstić information content (AvgIpc) is 2.61. The molecular weight excluding hydrogens is 346 g/mol. The molecule has 3 rings (SSSR count). The highest BCUT2D eigenvalue weighted by molar-refractivity contribution is 7.98. The minimum absolute atomic E-state index is 0.0887. The second-order valence-electron chi connectivity index (χ2n) is 5.01. The summed E-state index contributed by atoms with van der Waals surface area (Å²) >= 11 is 1.36. The molecule has 124 valence electrons. The standard InChI is InChI=1S/C16H15N3O3S2/c1-3-19-14-11(10-17-16(18-14)23-2)9-13(15(19)20)24(21,22)12-7-5-4-6-8-12/h4-10H,3H2,1-2H3. The minimum atomic E-state index is -3.90. The van der Waals surface area contributed by atoms with Crippen LogP contribution in [0.2, 0.25) is 0 Å². The van der Waals surface area contributed by atoms with Gasteiger partial charge >= 0.3 is 0 Å². The monoisotopic (exact) mass is 361 g/mol. The number of aryl methyl sites for hydroxylation is 1. The Bertz CT molecular complexity index is 1060. The Balaban J connectivity index is 2.35. The van der Waals surface area contributed by atoms with Crippen molar-refractivity contribution in [2.45, 2.75) is 28.4 Å². The van der Waals surface area contributed by atoms with E-state index in [4.69, 9.17) is 0 Å². The first-order valence-electron chi connectivity index (χ1n) is 7.23. The van der Waals surface area contributed by atoms with Crippen LogP contribution < -0.4 is 5.56 Å². The van der Waals surface area contributed by atoms with Crippen molar-refractivity contribution in [3.8, 4) is 0 Å². The van der Waals surface area contributed by atoms with Crippen LogP contribution in [0.15, 0.2) is 62.3 Å². The summed E-state index contributed by atoms with van der Waals surface area (Å²) < 4.78 is 27.0. The fourth-order valence-corrected chi connectivity index (χ4v) is 4.15. The summed E-state index contributed by atoms with van der Waals surface area (Å²) in [5.74, 6) is 0. The summed E-state index contributed by atoms with van der Waals surface area (Å²) in [6.07, 6.45) is 3.38. The lowest BCUT2D eigenvalue weighted by Gasteiger charge is -2.11. The number of aromatic nitrogens is 3. The Morgan fingerprint density at radius 3 is 2.54 bits per heavy atom. The van der Waals surface area contributed by atoms with E-state index in [1.165, 1.54) is 34.5 Å². The number of pyridine rings is 1. The molecule has 2 heterocycles. The first-order valence-corrected chi connectivity index (χ1v) is 9.94. The second kappa shape index (κ2) is 6.37. The molecule has 0 aliphatic heterocycles. The summed E-state index contributed by atoms with van der Waals surface area (Å²) in [5, 5.41) is 1.05. The van der Waals surface area contributed by atoms with Crippen LogP contribution in [-0.4, -0.2) is 29.2 Å². The average molecular weight is 361 g/mol. The minimum Gasteiger partial charge on any atom is -0.292 e. The van der Waals surface area contributed by atoms with Crippen LogP contribution in [0.4, 0.5) is 0 Å². The number of hydrogen-bond donors (Lipinski definition) is 0. The van der Waals surface area contributed by atoms with Crippen molar-refractivity contribution in [1.82, 2.24) is 14.5 Å². The number of rotatable bonds is 4. The maximum absolute atomic E-state index is 12.8. The van der Waals surface area contributed by atoms with Gasteiger partial charge in [-0.25, -0.2) is 18.4 Å². The van der Waals surface area contributed by atoms with Crippen LogP contribution in [0.5, 0.6) is 0 Å². The molecule has 24 heavy (non-hydrogen) atoms. The molecule has 0 unspecified atom stereocenters. The first kappa shape index (κ1) is 16.7. The fourth-order valence-electron chi connectivity index (χ4n) is 2.43. The number of benzene rings is 1. The SMILES string of the molecule is CCn1c(=O)c(S(=O)(=O)c2ccccc2)cc2cnc(SC)nc21. The smallest absolute Gasteiger partial charge is 0.271 e. The summed E-state index contributed by atoms with van der Waals surface area (Å²) in [5.41, 5.74) is -0.131. The van der Waals surface area contributed by atoms with Crippen LogP contribution in [0.25, 0.3) is 11.0 Å². The molecule has 6 nitrogen and oxygen atoms in total. The van der Waals surface area contributed by atoms with E-state index in [-0.39, 0.29) is 9.79 Å². The van der Waals surface area contributed by atoms with Crippen molar-refractivity contribution < 1.29 is 8.42 Å². The van der Waals surface area contributed by atoms with Gasteiger partial charge in [0, 0.05) is 18.1 Å². The normalized spacial score (nSPS) is 11.8. The number of hydrogen-bond acceptors (Lipinski definition) is 6. The van der Waals surface area contributed by atoms with Gasteiger partial charge in [0.1, 0.15) is 10.5 Å². The van der Waals surface area contributed by atoms with E-state index in [1.54, 1.807) is 31.3 Å². The maximum Gasteiger partial charge on any atom is 0.271 e. The lowest BCUT2D eigenvalue weighted by Crippen LogP contribution is -2.26. The van der Waals surface area contributed by atoms with Gasteiger partial charge in [-0.1, -0.05) is 30.0 Å². The highest BCUT2D eigenvalue weighted by atomic mass is 32.2. The Morgan fingerprint density at radius 1 is 1.21 bits per heavy atom. The van der Waals surface area contributed by atoms with Gasteiger partial charge in [-0.05, 0) is 31.4 Å². The van der Waals surface area contributed by atoms with E-state index in [1.807, 2.05) is 6.26 Å². The Hall–Kier alpha value is -2.19. The molecule has 0 radical (unpaired) electrons. The molecule has 0 saturated heterocycles. The van der Waals surface area contributed by atoms with Gasteiger partial charge in [0.05, 0.1) is 4.90 Å². The van der Waals surface area contributed by atoms with Gasteiger partial charge in [0.2, 0.25) is 9.84 Å². The first-order chi connectivity index (χ1) is 11.5. The van der Waals surface area contributed by atoms with Crippen molar-refractivity contribution in [3.05, 3.63) is 52.9 Å². The van der Waals surface area contributed by atoms with Gasteiger partial charge in [0.15, 0.2) is 5.16 Å². The fraction of sp³-hybridized carbons (Fsp3) is 0.188. The molecule has 0 saturated carbocycles. The topological polar surface area (TPSA) is 81.9 Å². The molecule has 0 aliphatic rings. The molecule has 8 heteroatoms. The third-order valence-corrected chi connectivity index (χ3v) is 5.94. The lowest BCUT2D eigenvalue weighted by molar-refractivity contribution is 0.592. The predicted molar refractivity (Wildman–Crippen MR) is 93.1 cm³/mol. The molecule has 1 aromatic carbocycles. The number of thioether (sulfide) groups is 1. The van der Waals surface area contributed by atoms with Crippen molar-refractivity contribution in [3.63, 3.8) is 0 Å². The van der Waals surface area contributed by atoms with Crippen molar-refractivity contribution in [2.24, 2.45) is 0 Å². The summed E-state index contributed by atoms with van der Waals surface area (Å²) in [7, 11) is -3.90. The Kier molecular flexibility index (Phi) is 4.42. The molecule has 0 fully saturated rings. The highest BCUT2D eigenvalue weighted by Gasteiger charge is 2.24. The molecule has 0 spiro atoms. The molecular formula is C16H15N3O3S2. The summed E-state index contributed by atoms with van der Waals surface area (Å²) in [4.78, 5) is 21.1. The second-order valence-corrected chi connectivity index (χ2v) is 7.70. The van der Waals surface area contributed by atoms with E-state index in [2.05, 4.69) is 9.97 Å². The van der Waals surface area contributed by atoms with Crippen LogP contribution in [0.1, 0.15) is 6.92 Å². The molecule has 0 N–H and O–H groups in total. The van der Waals surface area contributed by atoms with Crippen molar-refractivity contribution in [2.75, 3.05) is 6.26 Å². The van der Waals surface area contributed by atoms with Gasteiger partial charge in [-0.15, -0.1) is 0 Å². The Morgan fingerprint density at radius 2 is 1.92 bits per heavy atom. The van der Waals surface area contributed by atoms with Gasteiger partial charge in [-0.2, -0.15) is 0 Å². The largest absolute Gasteiger partial charge is 0.292 e. The Labute approximate surface area is 143 Å². The van der Waals surface area contributed by atoms with E-state index in [9.17, 15) is 13.2 Å². The van der Waals surface area contributed by atoms with E-state index in [0.29, 0.717) is 22.7 Å². The zero-order chi connectivity index (χ0) is 17.3. The number of sulfone groups is 1. The molecule has 0 amide bonds. The lowest BCUT2D eigenvalue weighted by atomic mass is 10.3. The highest BCUT2D eigenvalue weighted by Crippen LogP contribution is 2.22. The third-order valence-electron chi connectivity index (χ3n) is 3.61. The van der Waals surface area contributed by atoms with Gasteiger partial charge in [-0.3, -0.25) is 9.36 Å². The number of nitrogens with zero attached hydrogens (tertiary/aromatic N) is 3. The quantitative estimate of drug-likeness (QED) is 0.524. The van der Waals surface area contributed by atoms with Crippen LogP contribution >= 0.6 is 11.8 Å². The third kappa shape index (κ3) is 2.71. The van der Waals surface area contributed by atoms with E-state index < -0.39 is 15.4 Å². The van der Waals surface area contributed by atoms with Gasteiger partial charge < -0.3 is 0 Å². The van der Waals surface area contributed by atoms with Gasteiger partial charge in [0.25, 0.3) is 5.56 Å². The zero-order valence-electron chi connectivity index (χ0n) is 13.1. The zero-order valence-corrected chi connectivity index (χ0v) is 14.8. The van der Waals surface area contributed by atoms with Crippen molar-refractivity contribution >= 4 is 32.6 Å².